The topological polar surface area (TPSA) is 50.7 Å². The highest BCUT2D eigenvalue weighted by Gasteiger charge is 2.01. The summed E-state index contributed by atoms with van der Waals surface area (Å²) in [6.07, 6.45) is 0. The second-order valence-electron chi connectivity index (χ2n) is 2.75. The van der Waals surface area contributed by atoms with E-state index in [2.05, 4.69) is 36.0 Å². The van der Waals surface area contributed by atoms with Crippen LogP contribution in [-0.2, 0) is 0 Å². The molecule has 1 N–H and O–H groups in total. The molecular formula is C8H7BrN4S. The standard InChI is InChI=1S/C8H7BrN4S/c1-5-4-6(9)2-3-7(5)10-8-11-12-13-14-8/h2-4H,1H3,(H,10,11,13). The van der Waals surface area contributed by atoms with Crippen LogP contribution in [0.4, 0.5) is 10.8 Å². The van der Waals surface area contributed by atoms with Crippen LogP contribution in [0, 0.1) is 6.92 Å². The summed E-state index contributed by atoms with van der Waals surface area (Å²) in [4.78, 5) is 0. The summed E-state index contributed by atoms with van der Waals surface area (Å²) < 4.78 is 4.74. The van der Waals surface area contributed by atoms with Gasteiger partial charge in [-0.3, -0.25) is 0 Å². The molecule has 72 valence electrons. The molecule has 0 aliphatic heterocycles. The SMILES string of the molecule is Cc1cc(Br)ccc1Nc1nnns1. The smallest absolute Gasteiger partial charge is 0.229 e. The Kier molecular flexibility index (Phi) is 2.74. The van der Waals surface area contributed by atoms with Gasteiger partial charge in [0.1, 0.15) is 0 Å². The largest absolute Gasteiger partial charge is 0.329 e. The van der Waals surface area contributed by atoms with E-state index in [1.54, 1.807) is 0 Å². The van der Waals surface area contributed by atoms with Gasteiger partial charge in [0.15, 0.2) is 0 Å². The second-order valence-corrected chi connectivity index (χ2v) is 4.40. The Labute approximate surface area is 93.6 Å². The zero-order chi connectivity index (χ0) is 9.97. The highest BCUT2D eigenvalue weighted by molar-refractivity contribution is 9.10. The molecule has 0 unspecified atom stereocenters. The van der Waals surface area contributed by atoms with Crippen molar-refractivity contribution in [1.29, 1.82) is 0 Å². The first-order chi connectivity index (χ1) is 6.75. The van der Waals surface area contributed by atoms with Gasteiger partial charge in [-0.05, 0) is 35.9 Å². The molecule has 2 rings (SSSR count). The van der Waals surface area contributed by atoms with Gasteiger partial charge in [-0.25, -0.2) is 0 Å². The maximum absolute atomic E-state index is 3.81. The Morgan fingerprint density at radius 3 is 2.93 bits per heavy atom. The first-order valence-electron chi connectivity index (χ1n) is 3.94. The van der Waals surface area contributed by atoms with Gasteiger partial charge in [0.05, 0.1) is 0 Å². The summed E-state index contributed by atoms with van der Waals surface area (Å²) in [5.74, 6) is 0. The molecular weight excluding hydrogens is 264 g/mol. The second kappa shape index (κ2) is 4.02. The number of rotatable bonds is 2. The maximum atomic E-state index is 3.81. The number of aromatic nitrogens is 3. The summed E-state index contributed by atoms with van der Waals surface area (Å²) >= 11 is 4.64. The van der Waals surface area contributed by atoms with Crippen LogP contribution in [0.3, 0.4) is 0 Å². The zero-order valence-electron chi connectivity index (χ0n) is 7.36. The van der Waals surface area contributed by atoms with Crippen molar-refractivity contribution >= 4 is 38.3 Å². The number of anilines is 2. The fraction of sp³-hybridized carbons (Fsp3) is 0.125. The first-order valence-corrected chi connectivity index (χ1v) is 5.50. The molecule has 0 radical (unpaired) electrons. The van der Waals surface area contributed by atoms with E-state index >= 15 is 0 Å². The summed E-state index contributed by atoms with van der Waals surface area (Å²) in [7, 11) is 0. The minimum absolute atomic E-state index is 0.704. The van der Waals surface area contributed by atoms with Crippen molar-refractivity contribution in [3.63, 3.8) is 0 Å². The molecule has 1 aromatic carbocycles. The Morgan fingerprint density at radius 1 is 1.43 bits per heavy atom. The van der Waals surface area contributed by atoms with Crippen LogP contribution in [0.5, 0.6) is 0 Å². The number of aryl methyl sites for hydroxylation is 1. The molecule has 6 heteroatoms. The van der Waals surface area contributed by atoms with Gasteiger partial charge < -0.3 is 5.32 Å². The van der Waals surface area contributed by atoms with Gasteiger partial charge in [-0.2, -0.15) is 0 Å². The normalized spacial score (nSPS) is 10.1. The van der Waals surface area contributed by atoms with Crippen molar-refractivity contribution in [2.45, 2.75) is 6.92 Å². The molecule has 0 aliphatic carbocycles. The summed E-state index contributed by atoms with van der Waals surface area (Å²) in [6.45, 7) is 2.03. The molecule has 0 bridgehead atoms. The zero-order valence-corrected chi connectivity index (χ0v) is 9.76. The van der Waals surface area contributed by atoms with Crippen molar-refractivity contribution in [2.75, 3.05) is 5.32 Å². The Bertz CT molecular complexity index is 429. The van der Waals surface area contributed by atoms with Gasteiger partial charge in [0.2, 0.25) is 5.13 Å². The predicted molar refractivity (Wildman–Crippen MR) is 59.9 cm³/mol. The fourth-order valence-corrected chi connectivity index (χ4v) is 1.92. The number of hydrogen-bond acceptors (Lipinski definition) is 5. The van der Waals surface area contributed by atoms with Crippen LogP contribution in [0.2, 0.25) is 0 Å². The van der Waals surface area contributed by atoms with Crippen LogP contribution in [0.1, 0.15) is 5.56 Å². The molecule has 0 spiro atoms. The van der Waals surface area contributed by atoms with Crippen molar-refractivity contribution in [3.8, 4) is 0 Å². The molecule has 2 aromatic rings. The van der Waals surface area contributed by atoms with E-state index in [0.717, 1.165) is 15.7 Å². The molecule has 0 fully saturated rings. The van der Waals surface area contributed by atoms with Gasteiger partial charge >= 0.3 is 0 Å². The lowest BCUT2D eigenvalue weighted by Crippen LogP contribution is -1.92. The minimum Gasteiger partial charge on any atom is -0.329 e. The quantitative estimate of drug-likeness (QED) is 0.912. The van der Waals surface area contributed by atoms with E-state index in [9.17, 15) is 0 Å². The van der Waals surface area contributed by atoms with E-state index < -0.39 is 0 Å². The van der Waals surface area contributed by atoms with Gasteiger partial charge in [0, 0.05) is 21.7 Å². The molecule has 0 amide bonds. The molecule has 0 saturated heterocycles. The molecule has 0 saturated carbocycles. The van der Waals surface area contributed by atoms with Crippen LogP contribution in [-0.4, -0.2) is 14.8 Å². The van der Waals surface area contributed by atoms with E-state index in [4.69, 9.17) is 0 Å². The average molecular weight is 271 g/mol. The van der Waals surface area contributed by atoms with Crippen LogP contribution >= 0.6 is 27.5 Å². The summed E-state index contributed by atoms with van der Waals surface area (Å²) in [6, 6.07) is 6.00. The molecule has 1 aromatic heterocycles. The molecule has 0 aliphatic rings. The van der Waals surface area contributed by atoms with Gasteiger partial charge in [0.25, 0.3) is 0 Å². The minimum atomic E-state index is 0.704. The highest BCUT2D eigenvalue weighted by Crippen LogP contribution is 2.23. The Morgan fingerprint density at radius 2 is 2.29 bits per heavy atom. The van der Waals surface area contributed by atoms with E-state index in [1.165, 1.54) is 11.5 Å². The summed E-state index contributed by atoms with van der Waals surface area (Å²) in [5.41, 5.74) is 2.17. The van der Waals surface area contributed by atoms with Crippen molar-refractivity contribution in [2.24, 2.45) is 0 Å². The fourth-order valence-electron chi connectivity index (χ4n) is 1.06. The van der Waals surface area contributed by atoms with Crippen molar-refractivity contribution < 1.29 is 0 Å². The molecule has 1 heterocycles. The van der Waals surface area contributed by atoms with Crippen LogP contribution in [0.15, 0.2) is 22.7 Å². The van der Waals surface area contributed by atoms with Gasteiger partial charge in [-0.15, -0.1) is 0 Å². The first kappa shape index (κ1) is 9.54. The van der Waals surface area contributed by atoms with Crippen molar-refractivity contribution in [1.82, 2.24) is 14.8 Å². The third-order valence-corrected chi connectivity index (χ3v) is 2.73. The van der Waals surface area contributed by atoms with E-state index in [0.29, 0.717) is 5.13 Å². The lowest BCUT2D eigenvalue weighted by molar-refractivity contribution is 0.961. The maximum Gasteiger partial charge on any atom is 0.229 e. The monoisotopic (exact) mass is 270 g/mol. The van der Waals surface area contributed by atoms with E-state index in [1.807, 2.05) is 25.1 Å². The van der Waals surface area contributed by atoms with Gasteiger partial charge in [-0.1, -0.05) is 25.5 Å². The highest BCUT2D eigenvalue weighted by atomic mass is 79.9. The Balaban J connectivity index is 2.25. The molecule has 14 heavy (non-hydrogen) atoms. The number of nitrogens with zero attached hydrogens (tertiary/aromatic N) is 3. The third kappa shape index (κ3) is 2.08. The molecule has 0 atom stereocenters. The number of halogens is 1. The third-order valence-electron chi connectivity index (χ3n) is 1.73. The molecule has 4 nitrogen and oxygen atoms in total. The predicted octanol–water partition coefficient (Wildman–Crippen LogP) is 2.75. The summed E-state index contributed by atoms with van der Waals surface area (Å²) in [5, 5.41) is 11.2. The lowest BCUT2D eigenvalue weighted by atomic mass is 10.2. The number of benzene rings is 1. The van der Waals surface area contributed by atoms with Crippen LogP contribution < -0.4 is 5.32 Å². The lowest BCUT2D eigenvalue weighted by Gasteiger charge is -2.05. The van der Waals surface area contributed by atoms with Crippen LogP contribution in [0.25, 0.3) is 0 Å². The average Bonchev–Trinajstić information content (AvgIpc) is 2.62. The van der Waals surface area contributed by atoms with E-state index in [-0.39, 0.29) is 0 Å². The number of nitrogens with one attached hydrogen (secondary N) is 1. The van der Waals surface area contributed by atoms with Crippen molar-refractivity contribution in [3.05, 3.63) is 28.2 Å². The number of hydrogen-bond donors (Lipinski definition) is 1. The Hall–Kier alpha value is -1.01.